The molecule has 1 heterocycles. The Morgan fingerprint density at radius 1 is 1.10 bits per heavy atom. The highest BCUT2D eigenvalue weighted by Crippen LogP contribution is 2.24. The number of nitrogens with two attached hydrogens (primary N) is 1. The molecule has 0 spiro atoms. The van der Waals surface area contributed by atoms with E-state index < -0.39 is 24.1 Å². The molecule has 8 heteroatoms. The van der Waals surface area contributed by atoms with Gasteiger partial charge in [-0.1, -0.05) is 45.4 Å². The van der Waals surface area contributed by atoms with Crippen molar-refractivity contribution in [2.45, 2.75) is 83.9 Å². The van der Waals surface area contributed by atoms with Gasteiger partial charge in [0.15, 0.2) is 5.78 Å². The SMILES string of the molecule is CCCCCCCC[C@H]1CNC[C@H]1C(=O)N[C@H](C(=O)N[C@@H](CN)C(C)=O)[C@H](C)O. The van der Waals surface area contributed by atoms with E-state index in [9.17, 15) is 19.5 Å². The monoisotopic (exact) mass is 412 g/mol. The second-order valence-corrected chi connectivity index (χ2v) is 8.22. The first-order valence-electron chi connectivity index (χ1n) is 11.0. The number of Topliss-reactive ketones (excluding diaryl/α,β-unsaturated/α-hetero) is 1. The number of rotatable bonds is 14. The molecule has 1 rings (SSSR count). The van der Waals surface area contributed by atoms with Crippen molar-refractivity contribution in [1.82, 2.24) is 16.0 Å². The van der Waals surface area contributed by atoms with Crippen LogP contribution in [0.1, 0.15) is 65.7 Å². The van der Waals surface area contributed by atoms with Crippen molar-refractivity contribution in [2.24, 2.45) is 17.6 Å². The lowest BCUT2D eigenvalue weighted by Gasteiger charge is -2.26. The number of unbranched alkanes of at least 4 members (excludes halogenated alkanes) is 5. The molecule has 0 aromatic carbocycles. The molecule has 1 aliphatic rings. The molecule has 0 bridgehead atoms. The molecule has 0 saturated carbocycles. The standard InChI is InChI=1S/C21H40N4O4/c1-4-5-6-7-8-9-10-16-12-23-13-17(16)20(28)25-19(15(3)27)21(29)24-18(11-22)14(2)26/h15-19,23,27H,4-13,22H2,1-3H3,(H,24,29)(H,25,28)/t15-,16-,17+,18-,19-/m0/s1. The molecule has 1 saturated heterocycles. The number of hydrogen-bond acceptors (Lipinski definition) is 6. The van der Waals surface area contributed by atoms with Gasteiger partial charge < -0.3 is 26.8 Å². The Labute approximate surface area is 174 Å². The van der Waals surface area contributed by atoms with Crippen molar-refractivity contribution in [3.63, 3.8) is 0 Å². The van der Waals surface area contributed by atoms with Gasteiger partial charge in [0, 0.05) is 13.1 Å². The number of nitrogens with one attached hydrogen (secondary N) is 3. The summed E-state index contributed by atoms with van der Waals surface area (Å²) in [4.78, 5) is 36.8. The summed E-state index contributed by atoms with van der Waals surface area (Å²) >= 11 is 0. The van der Waals surface area contributed by atoms with Gasteiger partial charge in [-0.05, 0) is 32.7 Å². The largest absolute Gasteiger partial charge is 0.391 e. The first kappa shape index (κ1) is 25.5. The maximum absolute atomic E-state index is 12.8. The van der Waals surface area contributed by atoms with E-state index in [2.05, 4.69) is 22.9 Å². The lowest BCUT2D eigenvalue weighted by Crippen LogP contribution is -2.58. The molecule has 8 nitrogen and oxygen atoms in total. The van der Waals surface area contributed by atoms with Gasteiger partial charge in [-0.25, -0.2) is 0 Å². The highest BCUT2D eigenvalue weighted by atomic mass is 16.3. The third-order valence-electron chi connectivity index (χ3n) is 5.71. The van der Waals surface area contributed by atoms with Crippen molar-refractivity contribution >= 4 is 17.6 Å². The third kappa shape index (κ3) is 8.80. The van der Waals surface area contributed by atoms with Crippen LogP contribution in [-0.2, 0) is 14.4 Å². The molecule has 6 N–H and O–H groups in total. The van der Waals surface area contributed by atoms with E-state index in [0.717, 1.165) is 19.4 Å². The molecule has 1 aliphatic heterocycles. The molecule has 168 valence electrons. The summed E-state index contributed by atoms with van der Waals surface area (Å²) in [5.41, 5.74) is 5.51. The molecule has 0 radical (unpaired) electrons. The fraction of sp³-hybridized carbons (Fsp3) is 0.857. The van der Waals surface area contributed by atoms with E-state index in [1.807, 2.05) is 0 Å². The summed E-state index contributed by atoms with van der Waals surface area (Å²) in [7, 11) is 0. The predicted octanol–water partition coefficient (Wildman–Crippen LogP) is 0.471. The number of carbonyl (C=O) groups excluding carboxylic acids is 3. The van der Waals surface area contributed by atoms with Crippen LogP contribution in [0.3, 0.4) is 0 Å². The Morgan fingerprint density at radius 3 is 2.34 bits per heavy atom. The molecular weight excluding hydrogens is 372 g/mol. The summed E-state index contributed by atoms with van der Waals surface area (Å²) < 4.78 is 0. The highest BCUT2D eigenvalue weighted by molar-refractivity contribution is 5.93. The smallest absolute Gasteiger partial charge is 0.245 e. The van der Waals surface area contributed by atoms with Crippen molar-refractivity contribution in [2.75, 3.05) is 19.6 Å². The van der Waals surface area contributed by atoms with Gasteiger partial charge in [0.1, 0.15) is 6.04 Å². The zero-order valence-electron chi connectivity index (χ0n) is 18.2. The number of carbonyl (C=O) groups is 3. The molecule has 29 heavy (non-hydrogen) atoms. The third-order valence-corrected chi connectivity index (χ3v) is 5.71. The lowest BCUT2D eigenvalue weighted by atomic mass is 9.89. The van der Waals surface area contributed by atoms with Gasteiger partial charge in [-0.2, -0.15) is 0 Å². The van der Waals surface area contributed by atoms with Crippen LogP contribution < -0.4 is 21.7 Å². The fourth-order valence-corrected chi connectivity index (χ4v) is 3.78. The average molecular weight is 413 g/mol. The van der Waals surface area contributed by atoms with E-state index in [0.29, 0.717) is 6.54 Å². The van der Waals surface area contributed by atoms with Crippen LogP contribution in [-0.4, -0.2) is 60.5 Å². The van der Waals surface area contributed by atoms with Gasteiger partial charge in [0.25, 0.3) is 0 Å². The second-order valence-electron chi connectivity index (χ2n) is 8.22. The molecule has 5 atom stereocenters. The predicted molar refractivity (Wildman–Crippen MR) is 113 cm³/mol. The van der Waals surface area contributed by atoms with Gasteiger partial charge in [-0.15, -0.1) is 0 Å². The quantitative estimate of drug-likeness (QED) is 0.263. The Morgan fingerprint density at radius 2 is 1.76 bits per heavy atom. The first-order chi connectivity index (χ1) is 13.8. The van der Waals surface area contributed by atoms with Crippen molar-refractivity contribution in [3.05, 3.63) is 0 Å². The number of ketones is 1. The van der Waals surface area contributed by atoms with Crippen molar-refractivity contribution in [3.8, 4) is 0 Å². The molecule has 0 unspecified atom stereocenters. The number of amides is 2. The Hall–Kier alpha value is -1.51. The summed E-state index contributed by atoms with van der Waals surface area (Å²) in [6, 6.07) is -1.94. The van der Waals surface area contributed by atoms with E-state index in [-0.39, 0.29) is 30.1 Å². The highest BCUT2D eigenvalue weighted by Gasteiger charge is 2.36. The molecule has 0 aromatic heterocycles. The summed E-state index contributed by atoms with van der Waals surface area (Å²) in [5, 5.41) is 18.5. The Balaban J connectivity index is 2.57. The van der Waals surface area contributed by atoms with Gasteiger partial charge in [0.2, 0.25) is 11.8 Å². The lowest BCUT2D eigenvalue weighted by molar-refractivity contribution is -0.135. The van der Waals surface area contributed by atoms with Gasteiger partial charge in [0.05, 0.1) is 18.1 Å². The molecule has 0 aliphatic carbocycles. The average Bonchev–Trinajstić information content (AvgIpc) is 3.14. The zero-order valence-corrected chi connectivity index (χ0v) is 18.2. The van der Waals surface area contributed by atoms with Gasteiger partial charge >= 0.3 is 0 Å². The second kappa shape index (κ2) is 13.7. The van der Waals surface area contributed by atoms with E-state index in [1.54, 1.807) is 0 Å². The topological polar surface area (TPSA) is 134 Å². The van der Waals surface area contributed by atoms with E-state index in [4.69, 9.17) is 5.73 Å². The van der Waals surface area contributed by atoms with Crippen LogP contribution in [0.5, 0.6) is 0 Å². The minimum absolute atomic E-state index is 0.0333. The van der Waals surface area contributed by atoms with Crippen LogP contribution in [0.4, 0.5) is 0 Å². The van der Waals surface area contributed by atoms with Crippen LogP contribution in [0.15, 0.2) is 0 Å². The van der Waals surface area contributed by atoms with Crippen molar-refractivity contribution < 1.29 is 19.5 Å². The fourth-order valence-electron chi connectivity index (χ4n) is 3.78. The Kier molecular flexibility index (Phi) is 12.0. The summed E-state index contributed by atoms with van der Waals surface area (Å²) in [6.45, 7) is 6.30. The molecule has 0 aromatic rings. The van der Waals surface area contributed by atoms with Crippen molar-refractivity contribution in [1.29, 1.82) is 0 Å². The maximum Gasteiger partial charge on any atom is 0.245 e. The number of hydrogen-bond donors (Lipinski definition) is 5. The number of aliphatic hydroxyl groups is 1. The normalized spacial score (nSPS) is 22.0. The molecular formula is C21H40N4O4. The van der Waals surface area contributed by atoms with Crippen LogP contribution >= 0.6 is 0 Å². The first-order valence-corrected chi connectivity index (χ1v) is 11.0. The minimum Gasteiger partial charge on any atom is -0.391 e. The number of aliphatic hydroxyl groups excluding tert-OH is 1. The minimum atomic E-state index is -1.12. The van der Waals surface area contributed by atoms with Crippen LogP contribution in [0, 0.1) is 11.8 Å². The summed E-state index contributed by atoms with van der Waals surface area (Å²) in [5.74, 6) is -1.10. The maximum atomic E-state index is 12.8. The Bertz CT molecular complexity index is 527. The van der Waals surface area contributed by atoms with E-state index in [1.165, 1.54) is 46.0 Å². The van der Waals surface area contributed by atoms with E-state index >= 15 is 0 Å². The van der Waals surface area contributed by atoms with Gasteiger partial charge in [-0.3, -0.25) is 14.4 Å². The van der Waals surface area contributed by atoms with Crippen LogP contribution in [0.25, 0.3) is 0 Å². The molecule has 2 amide bonds. The summed E-state index contributed by atoms with van der Waals surface area (Å²) in [6.07, 6.45) is 7.15. The molecule has 1 fully saturated rings. The zero-order chi connectivity index (χ0) is 21.8. The van der Waals surface area contributed by atoms with Crippen LogP contribution in [0.2, 0.25) is 0 Å².